The first-order valence-corrected chi connectivity index (χ1v) is 6.24. The summed E-state index contributed by atoms with van der Waals surface area (Å²) in [4.78, 5) is 13.7. The van der Waals surface area contributed by atoms with Crippen molar-refractivity contribution < 1.29 is 9.32 Å². The van der Waals surface area contributed by atoms with Crippen LogP contribution < -0.4 is 10.2 Å². The van der Waals surface area contributed by atoms with Crippen molar-refractivity contribution in [2.75, 3.05) is 11.9 Å². The third-order valence-corrected chi connectivity index (χ3v) is 3.45. The average Bonchev–Trinajstić information content (AvgIpc) is 2.95. The molecule has 5 heteroatoms. The van der Waals surface area contributed by atoms with Crippen LogP contribution in [0.1, 0.15) is 23.7 Å². The van der Waals surface area contributed by atoms with E-state index >= 15 is 0 Å². The number of nitrogens with zero attached hydrogens (tertiary/aromatic N) is 2. The van der Waals surface area contributed by atoms with Crippen molar-refractivity contribution >= 4 is 11.6 Å². The zero-order chi connectivity index (χ0) is 13.2. The number of carbonyl (C=O) groups excluding carboxylic acids is 1. The van der Waals surface area contributed by atoms with E-state index in [2.05, 4.69) is 16.5 Å². The second kappa shape index (κ2) is 4.85. The fraction of sp³-hybridized carbons (Fsp3) is 0.286. The fourth-order valence-electron chi connectivity index (χ4n) is 2.38. The van der Waals surface area contributed by atoms with Gasteiger partial charge in [-0.05, 0) is 11.6 Å². The van der Waals surface area contributed by atoms with Crippen LogP contribution in [0.25, 0.3) is 0 Å². The van der Waals surface area contributed by atoms with E-state index in [0.29, 0.717) is 13.0 Å². The van der Waals surface area contributed by atoms with Crippen LogP contribution in [0.5, 0.6) is 0 Å². The lowest BCUT2D eigenvalue weighted by Crippen LogP contribution is -2.37. The normalized spacial score (nSPS) is 18.5. The zero-order valence-electron chi connectivity index (χ0n) is 10.7. The first-order valence-electron chi connectivity index (χ1n) is 6.24. The molecule has 2 heterocycles. The van der Waals surface area contributed by atoms with Crippen LogP contribution in [-0.4, -0.2) is 18.1 Å². The highest BCUT2D eigenvalue weighted by Gasteiger charge is 2.28. The minimum Gasteiger partial charge on any atom is -0.364 e. The number of hydrogen-bond donors (Lipinski definition) is 1. The Labute approximate surface area is 111 Å². The molecule has 2 aromatic rings. The van der Waals surface area contributed by atoms with E-state index in [4.69, 9.17) is 4.52 Å². The first-order chi connectivity index (χ1) is 9.25. The lowest BCUT2D eigenvalue weighted by atomic mass is 9.96. The van der Waals surface area contributed by atoms with Gasteiger partial charge in [-0.3, -0.25) is 4.79 Å². The summed E-state index contributed by atoms with van der Waals surface area (Å²) in [5.74, 6) is 0.122. The summed E-state index contributed by atoms with van der Waals surface area (Å²) in [7, 11) is 1.81. The van der Waals surface area contributed by atoms with Gasteiger partial charge in [-0.2, -0.15) is 0 Å². The van der Waals surface area contributed by atoms with E-state index < -0.39 is 0 Å². The van der Waals surface area contributed by atoms with Crippen LogP contribution in [0.3, 0.4) is 0 Å². The van der Waals surface area contributed by atoms with Crippen LogP contribution in [0, 0.1) is 0 Å². The van der Waals surface area contributed by atoms with Gasteiger partial charge in [0, 0.05) is 37.8 Å². The Hall–Kier alpha value is -2.14. The molecule has 0 bridgehead atoms. The predicted octanol–water partition coefficient (Wildman–Crippen LogP) is 1.87. The second-order valence-corrected chi connectivity index (χ2v) is 4.64. The molecule has 1 aromatic heterocycles. The Morgan fingerprint density at radius 2 is 2.26 bits per heavy atom. The van der Waals surface area contributed by atoms with Gasteiger partial charge in [-0.1, -0.05) is 23.4 Å². The van der Waals surface area contributed by atoms with Gasteiger partial charge in [0.2, 0.25) is 5.91 Å². The van der Waals surface area contributed by atoms with Crippen molar-refractivity contribution in [1.82, 2.24) is 10.5 Å². The minimum atomic E-state index is 0.0246. The van der Waals surface area contributed by atoms with Crippen molar-refractivity contribution in [3.05, 3.63) is 47.9 Å². The maximum absolute atomic E-state index is 12.0. The number of para-hydroxylation sites is 1. The smallest absolute Gasteiger partial charge is 0.228 e. The monoisotopic (exact) mass is 257 g/mol. The molecular formula is C14H15N3O2. The summed E-state index contributed by atoms with van der Waals surface area (Å²) in [5.41, 5.74) is 2.95. The summed E-state index contributed by atoms with van der Waals surface area (Å²) in [6.07, 6.45) is 2.01. The van der Waals surface area contributed by atoms with Crippen LogP contribution in [0.4, 0.5) is 5.69 Å². The summed E-state index contributed by atoms with van der Waals surface area (Å²) in [5, 5.41) is 7.22. The topological polar surface area (TPSA) is 58.4 Å². The van der Waals surface area contributed by atoms with E-state index in [-0.39, 0.29) is 11.9 Å². The molecule has 1 aliphatic heterocycles. The number of benzene rings is 1. The number of hydrogen-bond acceptors (Lipinski definition) is 4. The average molecular weight is 257 g/mol. The molecule has 0 fully saturated rings. The molecule has 19 heavy (non-hydrogen) atoms. The highest BCUT2D eigenvalue weighted by molar-refractivity contribution is 5.96. The number of carbonyl (C=O) groups is 1. The molecular weight excluding hydrogens is 242 g/mol. The summed E-state index contributed by atoms with van der Waals surface area (Å²) in [6, 6.07) is 9.80. The zero-order valence-corrected chi connectivity index (χ0v) is 10.7. The van der Waals surface area contributed by atoms with E-state index in [1.54, 1.807) is 11.2 Å². The van der Waals surface area contributed by atoms with E-state index in [1.165, 1.54) is 0 Å². The number of amides is 1. The maximum atomic E-state index is 12.0. The van der Waals surface area contributed by atoms with E-state index in [9.17, 15) is 4.79 Å². The van der Waals surface area contributed by atoms with Crippen molar-refractivity contribution in [3.63, 3.8) is 0 Å². The molecule has 0 radical (unpaired) electrons. The maximum Gasteiger partial charge on any atom is 0.228 e. The molecule has 0 saturated heterocycles. The van der Waals surface area contributed by atoms with Crippen LogP contribution in [-0.2, 0) is 11.3 Å². The lowest BCUT2D eigenvalue weighted by Gasteiger charge is -2.32. The third-order valence-electron chi connectivity index (χ3n) is 3.45. The molecule has 0 aliphatic carbocycles. The molecule has 1 aromatic carbocycles. The fourth-order valence-corrected chi connectivity index (χ4v) is 2.38. The van der Waals surface area contributed by atoms with Crippen molar-refractivity contribution in [3.8, 4) is 0 Å². The molecule has 1 atom stereocenters. The SMILES string of the molecule is CN1C(=O)CC(NCc2ccon2)c2ccccc21. The second-order valence-electron chi connectivity index (χ2n) is 4.64. The lowest BCUT2D eigenvalue weighted by molar-refractivity contribution is -0.119. The highest BCUT2D eigenvalue weighted by Crippen LogP contribution is 2.33. The number of aromatic nitrogens is 1. The third kappa shape index (κ3) is 2.24. The Morgan fingerprint density at radius 1 is 1.42 bits per heavy atom. The molecule has 1 aliphatic rings. The Bertz CT molecular complexity index is 580. The van der Waals surface area contributed by atoms with Gasteiger partial charge in [0.15, 0.2) is 0 Å². The predicted molar refractivity (Wildman–Crippen MR) is 70.6 cm³/mol. The van der Waals surface area contributed by atoms with Gasteiger partial charge in [0.25, 0.3) is 0 Å². The summed E-state index contributed by atoms with van der Waals surface area (Å²) in [6.45, 7) is 0.590. The van der Waals surface area contributed by atoms with Gasteiger partial charge in [-0.15, -0.1) is 0 Å². The largest absolute Gasteiger partial charge is 0.364 e. The molecule has 0 spiro atoms. The molecule has 5 nitrogen and oxygen atoms in total. The van der Waals surface area contributed by atoms with E-state index in [0.717, 1.165) is 16.9 Å². The molecule has 3 rings (SSSR count). The molecule has 1 unspecified atom stereocenters. The molecule has 0 saturated carbocycles. The van der Waals surface area contributed by atoms with Crippen LogP contribution >= 0.6 is 0 Å². The Kier molecular flexibility index (Phi) is 3.05. The number of anilines is 1. The number of fused-ring (bicyclic) bond motifs is 1. The number of rotatable bonds is 3. The minimum absolute atomic E-state index is 0.0246. The molecule has 1 N–H and O–H groups in total. The van der Waals surface area contributed by atoms with E-state index in [1.807, 2.05) is 31.3 Å². The van der Waals surface area contributed by atoms with Crippen molar-refractivity contribution in [2.24, 2.45) is 0 Å². The van der Waals surface area contributed by atoms with Gasteiger partial charge < -0.3 is 14.7 Å². The van der Waals surface area contributed by atoms with Gasteiger partial charge in [0.1, 0.15) is 6.26 Å². The van der Waals surface area contributed by atoms with Crippen LogP contribution in [0.2, 0.25) is 0 Å². The van der Waals surface area contributed by atoms with Crippen LogP contribution in [0.15, 0.2) is 41.1 Å². The summed E-state index contributed by atoms with van der Waals surface area (Å²) < 4.78 is 4.80. The number of nitrogens with one attached hydrogen (secondary N) is 1. The Balaban J connectivity index is 1.82. The molecule has 1 amide bonds. The van der Waals surface area contributed by atoms with Gasteiger partial charge >= 0.3 is 0 Å². The van der Waals surface area contributed by atoms with Crippen molar-refractivity contribution in [2.45, 2.75) is 19.0 Å². The standard InChI is InChI=1S/C14H15N3O2/c1-17-13-5-3-2-4-11(13)12(8-14(17)18)15-9-10-6-7-19-16-10/h2-7,12,15H,8-9H2,1H3. The van der Waals surface area contributed by atoms with Gasteiger partial charge in [-0.25, -0.2) is 0 Å². The van der Waals surface area contributed by atoms with Gasteiger partial charge in [0.05, 0.1) is 5.69 Å². The van der Waals surface area contributed by atoms with Crippen molar-refractivity contribution in [1.29, 1.82) is 0 Å². The summed E-state index contributed by atoms with van der Waals surface area (Å²) >= 11 is 0. The quantitative estimate of drug-likeness (QED) is 0.912. The molecule has 98 valence electrons. The highest BCUT2D eigenvalue weighted by atomic mass is 16.5. The first kappa shape index (κ1) is 11.9. The Morgan fingerprint density at radius 3 is 3.05 bits per heavy atom.